The van der Waals surface area contributed by atoms with Gasteiger partial charge in [0.2, 0.25) is 0 Å². The third-order valence-corrected chi connectivity index (χ3v) is 3.26. The number of carbonyl (C=O) groups excluding carboxylic acids is 1. The lowest BCUT2D eigenvalue weighted by molar-refractivity contribution is -0.139. The van der Waals surface area contributed by atoms with E-state index in [1.54, 1.807) is 20.8 Å². The molecular formula is C14H15BrF3NO3. The molecule has 1 aliphatic rings. The Morgan fingerprint density at radius 1 is 1.32 bits per heavy atom. The fraction of sp³-hybridized carbons (Fsp3) is 0.500. The number of halogens is 4. The van der Waals surface area contributed by atoms with E-state index in [1.165, 1.54) is 6.07 Å². The summed E-state index contributed by atoms with van der Waals surface area (Å²) in [5, 5.41) is 0. The summed E-state index contributed by atoms with van der Waals surface area (Å²) in [4.78, 5) is 13.4. The summed E-state index contributed by atoms with van der Waals surface area (Å²) in [6.07, 6.45) is -5.28. The highest BCUT2D eigenvalue weighted by molar-refractivity contribution is 9.10. The van der Waals surface area contributed by atoms with Crippen molar-refractivity contribution >= 4 is 27.7 Å². The summed E-state index contributed by atoms with van der Waals surface area (Å²) in [6, 6.07) is 2.34. The number of alkyl halides is 3. The van der Waals surface area contributed by atoms with Crippen molar-refractivity contribution in [3.8, 4) is 5.75 Å². The number of fused-ring (bicyclic) bond motifs is 1. The monoisotopic (exact) mass is 381 g/mol. The Hall–Kier alpha value is -1.44. The molecule has 0 bridgehead atoms. The quantitative estimate of drug-likeness (QED) is 0.658. The zero-order valence-electron chi connectivity index (χ0n) is 12.3. The molecule has 1 aromatic rings. The molecule has 122 valence electrons. The van der Waals surface area contributed by atoms with Crippen LogP contribution in [-0.2, 0) is 10.9 Å². The minimum Gasteiger partial charge on any atom is -0.489 e. The van der Waals surface area contributed by atoms with Gasteiger partial charge in [0.15, 0.2) is 5.75 Å². The first-order valence-corrected chi connectivity index (χ1v) is 7.32. The second kappa shape index (κ2) is 5.64. The molecule has 0 aromatic heterocycles. The molecular weight excluding hydrogens is 367 g/mol. The van der Waals surface area contributed by atoms with Crippen LogP contribution in [-0.4, -0.2) is 24.8 Å². The van der Waals surface area contributed by atoms with Gasteiger partial charge in [-0.2, -0.15) is 13.2 Å². The maximum atomic E-state index is 13.1. The van der Waals surface area contributed by atoms with Crippen molar-refractivity contribution < 1.29 is 27.4 Å². The lowest BCUT2D eigenvalue weighted by Crippen LogP contribution is -2.42. The number of hydrogen-bond donors (Lipinski definition) is 0. The van der Waals surface area contributed by atoms with Crippen molar-refractivity contribution in [3.05, 3.63) is 22.2 Å². The van der Waals surface area contributed by atoms with Crippen molar-refractivity contribution in [2.45, 2.75) is 32.5 Å². The van der Waals surface area contributed by atoms with E-state index in [0.717, 1.165) is 11.0 Å². The van der Waals surface area contributed by atoms with Crippen LogP contribution in [0.3, 0.4) is 0 Å². The van der Waals surface area contributed by atoms with Gasteiger partial charge in [-0.15, -0.1) is 0 Å². The topological polar surface area (TPSA) is 38.8 Å². The van der Waals surface area contributed by atoms with Crippen molar-refractivity contribution in [3.63, 3.8) is 0 Å². The SMILES string of the molecule is CC(C)(C)OC(=O)N1CCOc2c1cc(Br)cc2C(F)(F)F. The molecule has 0 saturated heterocycles. The number of ether oxygens (including phenoxy) is 2. The van der Waals surface area contributed by atoms with E-state index in [4.69, 9.17) is 9.47 Å². The van der Waals surface area contributed by atoms with Crippen LogP contribution in [0.15, 0.2) is 16.6 Å². The molecule has 4 nitrogen and oxygen atoms in total. The predicted molar refractivity (Wildman–Crippen MR) is 78.2 cm³/mol. The number of amides is 1. The average Bonchev–Trinajstić information content (AvgIpc) is 2.33. The van der Waals surface area contributed by atoms with E-state index in [0.29, 0.717) is 0 Å². The first-order valence-electron chi connectivity index (χ1n) is 6.53. The van der Waals surface area contributed by atoms with Gasteiger partial charge in [0.25, 0.3) is 0 Å². The molecule has 1 amide bonds. The molecule has 0 fully saturated rings. The fourth-order valence-electron chi connectivity index (χ4n) is 2.01. The Kier molecular flexibility index (Phi) is 4.34. The first-order chi connectivity index (χ1) is 9.99. The van der Waals surface area contributed by atoms with Crippen molar-refractivity contribution in [2.75, 3.05) is 18.1 Å². The third-order valence-electron chi connectivity index (χ3n) is 2.81. The Morgan fingerprint density at radius 3 is 2.50 bits per heavy atom. The molecule has 0 N–H and O–H groups in total. The first kappa shape index (κ1) is 16.9. The standard InChI is InChI=1S/C14H15BrF3NO3/c1-13(2,3)22-12(20)19-4-5-21-11-9(14(16,17)18)6-8(15)7-10(11)19/h6-7H,4-5H2,1-3H3. The zero-order valence-corrected chi connectivity index (χ0v) is 13.8. The number of carbonyl (C=O) groups is 1. The van der Waals surface area contributed by atoms with E-state index in [-0.39, 0.29) is 29.1 Å². The van der Waals surface area contributed by atoms with E-state index in [1.807, 2.05) is 0 Å². The van der Waals surface area contributed by atoms with E-state index in [2.05, 4.69) is 15.9 Å². The Morgan fingerprint density at radius 2 is 1.95 bits per heavy atom. The maximum absolute atomic E-state index is 13.1. The summed E-state index contributed by atoms with van der Waals surface area (Å²) in [5.74, 6) is -0.354. The van der Waals surface area contributed by atoms with Gasteiger partial charge >= 0.3 is 12.3 Å². The van der Waals surface area contributed by atoms with Crippen molar-refractivity contribution in [1.29, 1.82) is 0 Å². The van der Waals surface area contributed by atoms with Gasteiger partial charge in [-0.1, -0.05) is 15.9 Å². The molecule has 0 radical (unpaired) electrons. The highest BCUT2D eigenvalue weighted by Crippen LogP contribution is 2.45. The summed E-state index contributed by atoms with van der Waals surface area (Å²) in [7, 11) is 0. The summed E-state index contributed by atoms with van der Waals surface area (Å²) in [6.45, 7) is 5.16. The smallest absolute Gasteiger partial charge is 0.420 e. The van der Waals surface area contributed by atoms with Gasteiger partial charge < -0.3 is 9.47 Å². The Bertz CT molecular complexity index is 596. The Labute approximate surface area is 134 Å². The van der Waals surface area contributed by atoms with Crippen LogP contribution >= 0.6 is 15.9 Å². The minimum atomic E-state index is -4.58. The van der Waals surface area contributed by atoms with Gasteiger partial charge in [-0.3, -0.25) is 4.90 Å². The van der Waals surface area contributed by atoms with E-state index >= 15 is 0 Å². The normalized spacial score (nSPS) is 15.1. The molecule has 0 unspecified atom stereocenters. The largest absolute Gasteiger partial charge is 0.489 e. The summed E-state index contributed by atoms with van der Waals surface area (Å²) >= 11 is 3.04. The zero-order chi connectivity index (χ0) is 16.7. The molecule has 1 aromatic carbocycles. The number of benzene rings is 1. The number of nitrogens with zero attached hydrogens (tertiary/aromatic N) is 1. The number of rotatable bonds is 0. The fourth-order valence-corrected chi connectivity index (χ4v) is 2.45. The average molecular weight is 382 g/mol. The van der Waals surface area contributed by atoms with Gasteiger partial charge in [0.1, 0.15) is 17.8 Å². The van der Waals surface area contributed by atoms with Crippen LogP contribution < -0.4 is 9.64 Å². The molecule has 0 spiro atoms. The van der Waals surface area contributed by atoms with Gasteiger partial charge in [0.05, 0.1) is 12.2 Å². The number of hydrogen-bond acceptors (Lipinski definition) is 3. The molecule has 0 aliphatic carbocycles. The van der Waals surface area contributed by atoms with Crippen molar-refractivity contribution in [2.24, 2.45) is 0 Å². The molecule has 2 rings (SSSR count). The van der Waals surface area contributed by atoms with Gasteiger partial charge in [-0.05, 0) is 32.9 Å². The number of anilines is 1. The molecule has 22 heavy (non-hydrogen) atoms. The van der Waals surface area contributed by atoms with Crippen LogP contribution in [0.2, 0.25) is 0 Å². The second-order valence-electron chi connectivity index (χ2n) is 5.78. The molecule has 0 saturated carbocycles. The van der Waals surface area contributed by atoms with Gasteiger partial charge in [0, 0.05) is 4.47 Å². The minimum absolute atomic E-state index is 0.0308. The van der Waals surface area contributed by atoms with Crippen molar-refractivity contribution in [1.82, 2.24) is 0 Å². The molecule has 0 atom stereocenters. The summed E-state index contributed by atoms with van der Waals surface area (Å²) < 4.78 is 50.0. The second-order valence-corrected chi connectivity index (χ2v) is 6.70. The van der Waals surface area contributed by atoms with Crippen LogP contribution in [0, 0.1) is 0 Å². The van der Waals surface area contributed by atoms with E-state index in [9.17, 15) is 18.0 Å². The molecule has 8 heteroatoms. The predicted octanol–water partition coefficient (Wildman–Crippen LogP) is 4.60. The van der Waals surface area contributed by atoms with Crippen LogP contribution in [0.5, 0.6) is 5.75 Å². The van der Waals surface area contributed by atoms with Crippen LogP contribution in [0.1, 0.15) is 26.3 Å². The van der Waals surface area contributed by atoms with Crippen LogP contribution in [0.4, 0.5) is 23.7 Å². The molecule has 1 heterocycles. The Balaban J connectivity index is 2.47. The van der Waals surface area contributed by atoms with E-state index < -0.39 is 23.4 Å². The highest BCUT2D eigenvalue weighted by Gasteiger charge is 2.39. The third kappa shape index (κ3) is 3.66. The van der Waals surface area contributed by atoms with Gasteiger partial charge in [-0.25, -0.2) is 4.79 Å². The summed E-state index contributed by atoms with van der Waals surface area (Å²) in [5.41, 5.74) is -1.62. The lowest BCUT2D eigenvalue weighted by atomic mass is 10.1. The van der Waals surface area contributed by atoms with Crippen LogP contribution in [0.25, 0.3) is 0 Å². The lowest BCUT2D eigenvalue weighted by Gasteiger charge is -2.33. The molecule has 1 aliphatic heterocycles. The maximum Gasteiger partial charge on any atom is 0.420 e. The highest BCUT2D eigenvalue weighted by atomic mass is 79.9.